The van der Waals surface area contributed by atoms with Gasteiger partial charge < -0.3 is 10.1 Å². The molecule has 0 saturated carbocycles. The van der Waals surface area contributed by atoms with Crippen LogP contribution >= 0.6 is 0 Å². The number of nitrogens with zero attached hydrogens (tertiary/aromatic N) is 1. The van der Waals surface area contributed by atoms with E-state index in [4.69, 9.17) is 4.74 Å². The number of fused-ring (bicyclic) bond motifs is 1. The summed E-state index contributed by atoms with van der Waals surface area (Å²) in [6.45, 7) is 7.24. The van der Waals surface area contributed by atoms with Gasteiger partial charge in [0.2, 0.25) is 0 Å². The minimum absolute atomic E-state index is 0.215. The van der Waals surface area contributed by atoms with E-state index in [0.29, 0.717) is 12.0 Å². The summed E-state index contributed by atoms with van der Waals surface area (Å²) in [5, 5.41) is 4.67. The summed E-state index contributed by atoms with van der Waals surface area (Å²) < 4.78 is 5.96. The fourth-order valence-corrected chi connectivity index (χ4v) is 2.92. The summed E-state index contributed by atoms with van der Waals surface area (Å²) >= 11 is 0. The molecule has 0 amide bonds. The number of benzene rings is 1. The number of hydrogen-bond acceptors (Lipinski definition) is 3. The molecule has 0 aliphatic rings. The van der Waals surface area contributed by atoms with Crippen LogP contribution in [0, 0.1) is 5.92 Å². The molecule has 0 radical (unpaired) electrons. The van der Waals surface area contributed by atoms with Gasteiger partial charge in [0.05, 0.1) is 11.6 Å². The lowest BCUT2D eigenvalue weighted by Crippen LogP contribution is -2.44. The van der Waals surface area contributed by atoms with Crippen LogP contribution in [-0.2, 0) is 11.2 Å². The Morgan fingerprint density at radius 2 is 1.95 bits per heavy atom. The predicted molar refractivity (Wildman–Crippen MR) is 88.5 cm³/mol. The molecule has 2 unspecified atom stereocenters. The summed E-state index contributed by atoms with van der Waals surface area (Å²) in [4.78, 5) is 4.44. The molecule has 2 atom stereocenters. The lowest BCUT2D eigenvalue weighted by atomic mass is 9.92. The van der Waals surface area contributed by atoms with Gasteiger partial charge in [-0.1, -0.05) is 32.0 Å². The zero-order chi connectivity index (χ0) is 15.2. The summed E-state index contributed by atoms with van der Waals surface area (Å²) in [6, 6.07) is 10.7. The molecule has 21 heavy (non-hydrogen) atoms. The molecule has 0 spiro atoms. The van der Waals surface area contributed by atoms with Crippen molar-refractivity contribution in [3.8, 4) is 0 Å². The maximum atomic E-state index is 5.96. The minimum Gasteiger partial charge on any atom is -0.377 e. The Labute approximate surface area is 127 Å². The second-order valence-electron chi connectivity index (χ2n) is 5.75. The molecule has 2 aromatic rings. The van der Waals surface area contributed by atoms with Crippen LogP contribution in [0.2, 0.25) is 0 Å². The number of nitrogens with one attached hydrogen (secondary N) is 1. The first-order valence-electron chi connectivity index (χ1n) is 7.78. The number of pyridine rings is 1. The fourth-order valence-electron chi connectivity index (χ4n) is 2.92. The van der Waals surface area contributed by atoms with Crippen LogP contribution < -0.4 is 5.32 Å². The average Bonchev–Trinajstić information content (AvgIpc) is 2.50. The van der Waals surface area contributed by atoms with Gasteiger partial charge in [-0.3, -0.25) is 4.98 Å². The Balaban J connectivity index is 2.27. The molecule has 2 rings (SSSR count). The summed E-state index contributed by atoms with van der Waals surface area (Å²) in [7, 11) is 2.02. The zero-order valence-electron chi connectivity index (χ0n) is 13.5. The topological polar surface area (TPSA) is 34.1 Å². The third-order valence-electron chi connectivity index (χ3n) is 3.96. The van der Waals surface area contributed by atoms with Crippen LogP contribution in [0.4, 0.5) is 0 Å². The first-order chi connectivity index (χ1) is 10.2. The Morgan fingerprint density at radius 3 is 2.62 bits per heavy atom. The van der Waals surface area contributed by atoms with E-state index in [1.54, 1.807) is 0 Å². The van der Waals surface area contributed by atoms with E-state index in [1.807, 2.05) is 19.3 Å². The molecule has 0 bridgehead atoms. The van der Waals surface area contributed by atoms with Crippen molar-refractivity contribution in [2.24, 2.45) is 5.92 Å². The molecule has 0 saturated heterocycles. The molecule has 114 valence electrons. The van der Waals surface area contributed by atoms with Crippen molar-refractivity contribution in [1.29, 1.82) is 0 Å². The normalized spacial score (nSPS) is 14.5. The van der Waals surface area contributed by atoms with E-state index in [2.05, 4.69) is 55.3 Å². The third kappa shape index (κ3) is 3.80. The maximum Gasteiger partial charge on any atom is 0.0753 e. The number of hydrogen-bond donors (Lipinski definition) is 1. The number of ether oxygens (including phenoxy) is 1. The average molecular weight is 286 g/mol. The second-order valence-corrected chi connectivity index (χ2v) is 5.75. The zero-order valence-corrected chi connectivity index (χ0v) is 13.5. The fraction of sp³-hybridized carbons (Fsp3) is 0.500. The van der Waals surface area contributed by atoms with Gasteiger partial charge in [0.1, 0.15) is 0 Å². The molecular formula is C18H26N2O. The van der Waals surface area contributed by atoms with Gasteiger partial charge in [0.25, 0.3) is 0 Å². The van der Waals surface area contributed by atoms with Crippen LogP contribution in [0.25, 0.3) is 10.9 Å². The molecule has 1 aromatic carbocycles. The van der Waals surface area contributed by atoms with Crippen LogP contribution in [0.3, 0.4) is 0 Å². The highest BCUT2D eigenvalue weighted by Gasteiger charge is 2.24. The Hall–Kier alpha value is -1.45. The van der Waals surface area contributed by atoms with Crippen molar-refractivity contribution >= 4 is 10.9 Å². The van der Waals surface area contributed by atoms with Crippen LogP contribution in [0.15, 0.2) is 36.5 Å². The van der Waals surface area contributed by atoms with Crippen LogP contribution in [0.5, 0.6) is 0 Å². The van der Waals surface area contributed by atoms with Crippen molar-refractivity contribution < 1.29 is 4.74 Å². The largest absolute Gasteiger partial charge is 0.377 e. The highest BCUT2D eigenvalue weighted by molar-refractivity contribution is 5.81. The maximum absolute atomic E-state index is 5.96. The minimum atomic E-state index is 0.215. The molecule has 1 aromatic heterocycles. The number of para-hydroxylation sites is 1. The molecular weight excluding hydrogens is 260 g/mol. The van der Waals surface area contributed by atoms with Crippen molar-refractivity contribution in [2.45, 2.75) is 39.3 Å². The van der Waals surface area contributed by atoms with Crippen LogP contribution in [-0.4, -0.2) is 30.8 Å². The molecule has 3 heteroatoms. The van der Waals surface area contributed by atoms with E-state index in [9.17, 15) is 0 Å². The Bertz CT molecular complexity index is 563. The van der Waals surface area contributed by atoms with E-state index < -0.39 is 0 Å². The molecule has 3 nitrogen and oxygen atoms in total. The number of rotatable bonds is 7. The highest BCUT2D eigenvalue weighted by Crippen LogP contribution is 2.21. The molecule has 0 fully saturated rings. The second kappa shape index (κ2) is 7.53. The van der Waals surface area contributed by atoms with Gasteiger partial charge in [-0.2, -0.15) is 0 Å². The van der Waals surface area contributed by atoms with Gasteiger partial charge in [-0.25, -0.2) is 0 Å². The first kappa shape index (κ1) is 15.9. The van der Waals surface area contributed by atoms with Crippen LogP contribution in [0.1, 0.15) is 26.3 Å². The van der Waals surface area contributed by atoms with E-state index in [0.717, 1.165) is 18.5 Å². The SMILES string of the molecule is CCOC(C(C)C)C(Cc1ccnc2ccccc12)NC. The molecule has 0 aliphatic carbocycles. The smallest absolute Gasteiger partial charge is 0.0753 e. The predicted octanol–water partition coefficient (Wildman–Crippen LogP) is 3.43. The monoisotopic (exact) mass is 286 g/mol. The number of aromatic nitrogens is 1. The van der Waals surface area contributed by atoms with Crippen molar-refractivity contribution in [3.63, 3.8) is 0 Å². The number of likely N-dealkylation sites (N-methyl/N-ethyl adjacent to an activating group) is 1. The van der Waals surface area contributed by atoms with Gasteiger partial charge in [0.15, 0.2) is 0 Å². The van der Waals surface area contributed by atoms with Gasteiger partial charge in [-0.05, 0) is 44.0 Å². The highest BCUT2D eigenvalue weighted by atomic mass is 16.5. The van der Waals surface area contributed by atoms with Gasteiger partial charge in [0, 0.05) is 24.2 Å². The molecule has 1 heterocycles. The lowest BCUT2D eigenvalue weighted by Gasteiger charge is -2.30. The Morgan fingerprint density at radius 1 is 1.19 bits per heavy atom. The van der Waals surface area contributed by atoms with E-state index in [1.165, 1.54) is 10.9 Å². The van der Waals surface area contributed by atoms with Gasteiger partial charge >= 0.3 is 0 Å². The third-order valence-corrected chi connectivity index (χ3v) is 3.96. The van der Waals surface area contributed by atoms with E-state index >= 15 is 0 Å². The Kier molecular flexibility index (Phi) is 5.71. The van der Waals surface area contributed by atoms with Crippen molar-refractivity contribution in [2.75, 3.05) is 13.7 Å². The van der Waals surface area contributed by atoms with Gasteiger partial charge in [-0.15, -0.1) is 0 Å². The molecule has 0 aliphatic heterocycles. The summed E-state index contributed by atoms with van der Waals surface area (Å²) in [5.74, 6) is 0.482. The molecule has 1 N–H and O–H groups in total. The standard InChI is InChI=1S/C18H26N2O/c1-5-21-18(13(2)3)17(19-4)12-14-10-11-20-16-9-7-6-8-15(14)16/h6-11,13,17-19H,5,12H2,1-4H3. The van der Waals surface area contributed by atoms with Crippen molar-refractivity contribution in [1.82, 2.24) is 10.3 Å². The van der Waals surface area contributed by atoms with E-state index in [-0.39, 0.29) is 6.10 Å². The lowest BCUT2D eigenvalue weighted by molar-refractivity contribution is 0.00542. The first-order valence-corrected chi connectivity index (χ1v) is 7.78. The summed E-state index contributed by atoms with van der Waals surface area (Å²) in [5.41, 5.74) is 2.38. The van der Waals surface area contributed by atoms with Crippen molar-refractivity contribution in [3.05, 3.63) is 42.1 Å². The summed E-state index contributed by atoms with van der Waals surface area (Å²) in [6.07, 6.45) is 3.06. The quantitative estimate of drug-likeness (QED) is 0.847.